The molecular formula is C13H20N4O3. The number of imidazole rings is 1. The standard InChI is InChI=1S/C13H20N4O3/c1-10-2-5-17(6-3-10)13(20)14-4-7-16-8-11(12(18)19)15-9-16/h8-10H,2-7H2,1H3,(H,14,20)(H,18,19). The van der Waals surface area contributed by atoms with Crippen LogP contribution >= 0.6 is 0 Å². The summed E-state index contributed by atoms with van der Waals surface area (Å²) in [6.45, 7) is 4.79. The van der Waals surface area contributed by atoms with Gasteiger partial charge in [0.2, 0.25) is 0 Å². The molecule has 0 atom stereocenters. The fourth-order valence-corrected chi connectivity index (χ4v) is 2.21. The molecule has 1 aliphatic rings. The molecule has 2 amide bonds. The first-order chi connectivity index (χ1) is 9.56. The van der Waals surface area contributed by atoms with Crippen molar-refractivity contribution in [1.82, 2.24) is 19.8 Å². The number of carboxylic acids is 1. The van der Waals surface area contributed by atoms with E-state index in [1.807, 2.05) is 4.90 Å². The molecule has 1 fully saturated rings. The number of carbonyl (C=O) groups excluding carboxylic acids is 1. The summed E-state index contributed by atoms with van der Waals surface area (Å²) < 4.78 is 1.65. The molecule has 0 aromatic carbocycles. The third-order valence-electron chi connectivity index (χ3n) is 3.57. The minimum absolute atomic E-state index is 0.0151. The van der Waals surface area contributed by atoms with Gasteiger partial charge in [-0.05, 0) is 18.8 Å². The van der Waals surface area contributed by atoms with Gasteiger partial charge in [-0.2, -0.15) is 0 Å². The van der Waals surface area contributed by atoms with E-state index < -0.39 is 5.97 Å². The van der Waals surface area contributed by atoms with E-state index >= 15 is 0 Å². The van der Waals surface area contributed by atoms with Crippen LogP contribution in [0.2, 0.25) is 0 Å². The third-order valence-corrected chi connectivity index (χ3v) is 3.57. The molecule has 2 N–H and O–H groups in total. The molecule has 1 aromatic rings. The Bertz CT molecular complexity index is 478. The number of carbonyl (C=O) groups is 2. The zero-order valence-corrected chi connectivity index (χ0v) is 11.6. The fourth-order valence-electron chi connectivity index (χ4n) is 2.21. The Balaban J connectivity index is 1.72. The number of aromatic carboxylic acids is 1. The molecule has 0 radical (unpaired) electrons. The summed E-state index contributed by atoms with van der Waals surface area (Å²) in [5, 5.41) is 11.6. The molecule has 110 valence electrons. The van der Waals surface area contributed by atoms with Gasteiger partial charge in [-0.1, -0.05) is 6.92 Å². The normalized spacial score (nSPS) is 16.1. The fraction of sp³-hybridized carbons (Fsp3) is 0.615. The minimum Gasteiger partial charge on any atom is -0.476 e. The molecule has 1 aliphatic heterocycles. The zero-order chi connectivity index (χ0) is 14.5. The summed E-state index contributed by atoms with van der Waals surface area (Å²) in [5.74, 6) is -0.352. The van der Waals surface area contributed by atoms with Crippen molar-refractivity contribution in [1.29, 1.82) is 0 Å². The number of likely N-dealkylation sites (tertiary alicyclic amines) is 1. The van der Waals surface area contributed by atoms with E-state index in [0.717, 1.165) is 25.9 Å². The van der Waals surface area contributed by atoms with Crippen LogP contribution in [0.1, 0.15) is 30.3 Å². The summed E-state index contributed by atoms with van der Waals surface area (Å²) in [5.41, 5.74) is 0.0151. The molecule has 2 rings (SSSR count). The van der Waals surface area contributed by atoms with Crippen LogP contribution < -0.4 is 5.32 Å². The minimum atomic E-state index is -1.05. The van der Waals surface area contributed by atoms with Crippen molar-refractivity contribution in [3.63, 3.8) is 0 Å². The number of piperidine rings is 1. The third kappa shape index (κ3) is 3.72. The first kappa shape index (κ1) is 14.4. The number of nitrogens with zero attached hydrogens (tertiary/aromatic N) is 3. The summed E-state index contributed by atoms with van der Waals surface area (Å²) in [4.78, 5) is 28.2. The van der Waals surface area contributed by atoms with Crippen LogP contribution in [0, 0.1) is 5.92 Å². The highest BCUT2D eigenvalue weighted by Gasteiger charge is 2.19. The summed E-state index contributed by atoms with van der Waals surface area (Å²) in [6.07, 6.45) is 5.02. The first-order valence-corrected chi connectivity index (χ1v) is 6.84. The van der Waals surface area contributed by atoms with Crippen LogP contribution in [-0.4, -0.2) is 51.2 Å². The van der Waals surface area contributed by atoms with Gasteiger partial charge >= 0.3 is 12.0 Å². The highest BCUT2D eigenvalue weighted by atomic mass is 16.4. The number of hydrogen-bond donors (Lipinski definition) is 2. The van der Waals surface area contributed by atoms with Crippen LogP contribution in [0.4, 0.5) is 4.79 Å². The van der Waals surface area contributed by atoms with E-state index in [1.54, 1.807) is 4.57 Å². The molecular weight excluding hydrogens is 260 g/mol. The lowest BCUT2D eigenvalue weighted by Crippen LogP contribution is -2.44. The van der Waals surface area contributed by atoms with E-state index in [0.29, 0.717) is 19.0 Å². The monoisotopic (exact) mass is 280 g/mol. The zero-order valence-electron chi connectivity index (χ0n) is 11.6. The topological polar surface area (TPSA) is 87.5 Å². The van der Waals surface area contributed by atoms with Crippen molar-refractivity contribution in [2.75, 3.05) is 19.6 Å². The predicted molar refractivity (Wildman–Crippen MR) is 72.6 cm³/mol. The van der Waals surface area contributed by atoms with Crippen molar-refractivity contribution in [3.05, 3.63) is 18.2 Å². The molecule has 7 nitrogen and oxygen atoms in total. The maximum absolute atomic E-state index is 11.9. The number of urea groups is 1. The van der Waals surface area contributed by atoms with E-state index in [-0.39, 0.29) is 11.7 Å². The van der Waals surface area contributed by atoms with E-state index in [4.69, 9.17) is 5.11 Å². The van der Waals surface area contributed by atoms with Gasteiger partial charge in [-0.15, -0.1) is 0 Å². The molecule has 0 saturated carbocycles. The Hall–Kier alpha value is -2.05. The maximum atomic E-state index is 11.9. The number of hydrogen-bond acceptors (Lipinski definition) is 3. The lowest BCUT2D eigenvalue weighted by atomic mass is 10.00. The molecule has 0 spiro atoms. The number of nitrogens with one attached hydrogen (secondary N) is 1. The molecule has 1 saturated heterocycles. The largest absolute Gasteiger partial charge is 0.476 e. The van der Waals surface area contributed by atoms with Crippen molar-refractivity contribution < 1.29 is 14.7 Å². The SMILES string of the molecule is CC1CCN(C(=O)NCCn2cnc(C(=O)O)c2)CC1. The average Bonchev–Trinajstić information content (AvgIpc) is 2.88. The Morgan fingerprint density at radius 2 is 2.15 bits per heavy atom. The summed E-state index contributed by atoms with van der Waals surface area (Å²) in [6, 6.07) is -0.0459. The van der Waals surface area contributed by atoms with Crippen molar-refractivity contribution in [3.8, 4) is 0 Å². The van der Waals surface area contributed by atoms with Gasteiger partial charge in [0, 0.05) is 32.4 Å². The highest BCUT2D eigenvalue weighted by Crippen LogP contribution is 2.15. The van der Waals surface area contributed by atoms with Gasteiger partial charge < -0.3 is 19.9 Å². The number of aromatic nitrogens is 2. The molecule has 0 bridgehead atoms. The highest BCUT2D eigenvalue weighted by molar-refractivity contribution is 5.84. The molecule has 0 unspecified atom stereocenters. The molecule has 1 aromatic heterocycles. The maximum Gasteiger partial charge on any atom is 0.356 e. The first-order valence-electron chi connectivity index (χ1n) is 6.84. The van der Waals surface area contributed by atoms with Gasteiger partial charge in [0.15, 0.2) is 5.69 Å². The smallest absolute Gasteiger partial charge is 0.356 e. The van der Waals surface area contributed by atoms with Gasteiger partial charge in [-0.25, -0.2) is 14.6 Å². The summed E-state index contributed by atoms with van der Waals surface area (Å²) in [7, 11) is 0. The predicted octanol–water partition coefficient (Wildman–Crippen LogP) is 1.02. The van der Waals surface area contributed by atoms with Crippen LogP contribution in [0.25, 0.3) is 0 Å². The van der Waals surface area contributed by atoms with Gasteiger partial charge in [0.1, 0.15) is 0 Å². The Morgan fingerprint density at radius 3 is 2.75 bits per heavy atom. The van der Waals surface area contributed by atoms with Crippen LogP contribution in [0.15, 0.2) is 12.5 Å². The van der Waals surface area contributed by atoms with E-state index in [9.17, 15) is 9.59 Å². The quantitative estimate of drug-likeness (QED) is 0.862. The Labute approximate surface area is 117 Å². The van der Waals surface area contributed by atoms with Gasteiger partial charge in [0.05, 0.1) is 6.33 Å². The second-order valence-corrected chi connectivity index (χ2v) is 5.20. The average molecular weight is 280 g/mol. The van der Waals surface area contributed by atoms with Crippen LogP contribution in [0.3, 0.4) is 0 Å². The number of amides is 2. The van der Waals surface area contributed by atoms with Crippen LogP contribution in [-0.2, 0) is 6.54 Å². The molecule has 0 aliphatic carbocycles. The number of carboxylic acid groups (broad SMARTS) is 1. The van der Waals surface area contributed by atoms with E-state index in [2.05, 4.69) is 17.2 Å². The Morgan fingerprint density at radius 1 is 1.45 bits per heavy atom. The van der Waals surface area contributed by atoms with Crippen molar-refractivity contribution in [2.45, 2.75) is 26.3 Å². The second-order valence-electron chi connectivity index (χ2n) is 5.20. The molecule has 2 heterocycles. The van der Waals surface area contributed by atoms with Gasteiger partial charge in [-0.3, -0.25) is 0 Å². The lowest BCUT2D eigenvalue weighted by molar-refractivity contribution is 0.0691. The Kier molecular flexibility index (Phi) is 4.60. The van der Waals surface area contributed by atoms with Gasteiger partial charge in [0.25, 0.3) is 0 Å². The molecule has 7 heteroatoms. The number of rotatable bonds is 4. The van der Waals surface area contributed by atoms with Crippen LogP contribution in [0.5, 0.6) is 0 Å². The van der Waals surface area contributed by atoms with E-state index in [1.165, 1.54) is 12.5 Å². The summed E-state index contributed by atoms with van der Waals surface area (Å²) >= 11 is 0. The lowest BCUT2D eigenvalue weighted by Gasteiger charge is -2.30. The molecule has 20 heavy (non-hydrogen) atoms. The van der Waals surface area contributed by atoms with Crippen molar-refractivity contribution >= 4 is 12.0 Å². The van der Waals surface area contributed by atoms with Crippen molar-refractivity contribution in [2.24, 2.45) is 5.92 Å². The second kappa shape index (κ2) is 6.40.